The molecule has 1 aliphatic carbocycles. The molecule has 1 fully saturated rings. The summed E-state index contributed by atoms with van der Waals surface area (Å²) >= 11 is 0. The number of benzene rings is 1. The van der Waals surface area contributed by atoms with Crippen molar-refractivity contribution in [2.24, 2.45) is 0 Å². The highest BCUT2D eigenvalue weighted by atomic mass is 16.7. The molecule has 7 heteroatoms. The van der Waals surface area contributed by atoms with Crippen molar-refractivity contribution in [3.63, 3.8) is 0 Å². The number of fused-ring (bicyclic) bond motifs is 2. The predicted octanol–water partition coefficient (Wildman–Crippen LogP) is 1.13. The Bertz CT molecular complexity index is 688. The van der Waals surface area contributed by atoms with Gasteiger partial charge in [0.15, 0.2) is 17.7 Å². The standard InChI is InChI=1S/C19H27N3O4/c1-22-9-8-12-10-14-16(26-11-25-14)17(24-2)15(12)18(22)21-19(23)20-13-6-4-3-5-7-13/h10,13,18H,3-9,11H2,1-2H3,(H2,20,21,23)/p+1/t18-/m1/s1. The summed E-state index contributed by atoms with van der Waals surface area (Å²) in [5.41, 5.74) is 2.15. The average molecular weight is 362 g/mol. The van der Waals surface area contributed by atoms with Crippen LogP contribution < -0.4 is 29.7 Å². The third-order valence-corrected chi connectivity index (χ3v) is 5.73. The molecule has 0 bridgehead atoms. The molecule has 0 spiro atoms. The van der Waals surface area contributed by atoms with Crippen LogP contribution in [0.25, 0.3) is 0 Å². The number of amides is 2. The zero-order valence-corrected chi connectivity index (χ0v) is 15.5. The van der Waals surface area contributed by atoms with Gasteiger partial charge in [0.1, 0.15) is 0 Å². The van der Waals surface area contributed by atoms with Crippen molar-refractivity contribution in [3.8, 4) is 17.2 Å². The van der Waals surface area contributed by atoms with Crippen LogP contribution in [0.5, 0.6) is 17.2 Å². The molecule has 2 atom stereocenters. The molecule has 142 valence electrons. The second-order valence-corrected chi connectivity index (χ2v) is 7.45. The van der Waals surface area contributed by atoms with E-state index >= 15 is 0 Å². The Morgan fingerprint density at radius 2 is 2.04 bits per heavy atom. The SMILES string of the molecule is COc1c2c(cc3c1[C@H](NC(=O)NC1CCCCC1)[NH+](C)CC3)OCO2. The number of quaternary nitrogens is 1. The lowest BCUT2D eigenvalue weighted by Crippen LogP contribution is -3.12. The fraction of sp³-hybridized carbons (Fsp3) is 0.632. The topological polar surface area (TPSA) is 73.3 Å². The quantitative estimate of drug-likeness (QED) is 0.754. The second kappa shape index (κ2) is 7.23. The highest BCUT2D eigenvalue weighted by Gasteiger charge is 2.37. The van der Waals surface area contributed by atoms with Gasteiger partial charge in [-0.25, -0.2) is 4.79 Å². The normalized spacial score (nSPS) is 24.7. The molecule has 1 aromatic carbocycles. The van der Waals surface area contributed by atoms with E-state index < -0.39 is 0 Å². The maximum Gasteiger partial charge on any atom is 0.319 e. The molecule has 2 aliphatic heterocycles. The van der Waals surface area contributed by atoms with Gasteiger partial charge >= 0.3 is 6.03 Å². The highest BCUT2D eigenvalue weighted by molar-refractivity contribution is 5.75. The number of nitrogens with one attached hydrogen (secondary N) is 3. The first-order valence-electron chi connectivity index (χ1n) is 9.56. The minimum atomic E-state index is -0.174. The number of carbonyl (C=O) groups excluding carboxylic acids is 1. The molecule has 2 heterocycles. The highest BCUT2D eigenvalue weighted by Crippen LogP contribution is 2.46. The zero-order valence-electron chi connectivity index (χ0n) is 15.5. The van der Waals surface area contributed by atoms with Crippen molar-refractivity contribution in [2.45, 2.75) is 50.7 Å². The van der Waals surface area contributed by atoms with E-state index in [1.165, 1.54) is 24.2 Å². The molecule has 26 heavy (non-hydrogen) atoms. The third kappa shape index (κ3) is 3.16. The lowest BCUT2D eigenvalue weighted by molar-refractivity contribution is -0.917. The van der Waals surface area contributed by atoms with E-state index in [9.17, 15) is 4.79 Å². The number of ether oxygens (including phenoxy) is 3. The molecular weight excluding hydrogens is 334 g/mol. The van der Waals surface area contributed by atoms with Gasteiger partial charge in [0, 0.05) is 12.5 Å². The van der Waals surface area contributed by atoms with Crippen LogP contribution in [0, 0.1) is 0 Å². The fourth-order valence-electron chi connectivity index (χ4n) is 4.33. The summed E-state index contributed by atoms with van der Waals surface area (Å²) in [7, 11) is 3.74. The lowest BCUT2D eigenvalue weighted by atomic mass is 9.94. The Balaban J connectivity index is 1.58. The summed E-state index contributed by atoms with van der Waals surface area (Å²) in [5, 5.41) is 6.32. The lowest BCUT2D eigenvalue weighted by Gasteiger charge is -2.33. The Labute approximate surface area is 154 Å². The number of urea groups is 1. The number of hydrogen-bond acceptors (Lipinski definition) is 4. The largest absolute Gasteiger partial charge is 0.492 e. The van der Waals surface area contributed by atoms with Crippen molar-refractivity contribution in [1.29, 1.82) is 0 Å². The van der Waals surface area contributed by atoms with Crippen LogP contribution in [-0.2, 0) is 6.42 Å². The number of hydrogen-bond donors (Lipinski definition) is 3. The molecule has 1 unspecified atom stereocenters. The van der Waals surface area contributed by atoms with E-state index in [-0.39, 0.29) is 25.0 Å². The van der Waals surface area contributed by atoms with Crippen molar-refractivity contribution in [2.75, 3.05) is 27.5 Å². The molecular formula is C19H28N3O4+. The van der Waals surface area contributed by atoms with Crippen LogP contribution in [0.4, 0.5) is 4.79 Å². The predicted molar refractivity (Wildman–Crippen MR) is 95.9 cm³/mol. The molecule has 2 amide bonds. The molecule has 3 N–H and O–H groups in total. The van der Waals surface area contributed by atoms with E-state index in [2.05, 4.69) is 17.7 Å². The molecule has 3 aliphatic rings. The molecule has 0 saturated heterocycles. The van der Waals surface area contributed by atoms with Crippen molar-refractivity contribution < 1.29 is 23.9 Å². The Kier molecular flexibility index (Phi) is 4.80. The first kappa shape index (κ1) is 17.3. The number of carbonyl (C=O) groups is 1. The summed E-state index contributed by atoms with van der Waals surface area (Å²) in [6.07, 6.45) is 6.54. The zero-order chi connectivity index (χ0) is 18.1. The first-order valence-corrected chi connectivity index (χ1v) is 9.56. The van der Waals surface area contributed by atoms with Gasteiger partial charge in [0.25, 0.3) is 0 Å². The maximum atomic E-state index is 12.6. The summed E-state index contributed by atoms with van der Waals surface area (Å²) in [5.74, 6) is 2.04. The van der Waals surface area contributed by atoms with Crippen molar-refractivity contribution in [1.82, 2.24) is 10.6 Å². The average Bonchev–Trinajstić information content (AvgIpc) is 3.11. The molecule has 4 rings (SSSR count). The van der Waals surface area contributed by atoms with Crippen LogP contribution in [0.1, 0.15) is 49.4 Å². The van der Waals surface area contributed by atoms with Crippen LogP contribution in [0.2, 0.25) is 0 Å². The van der Waals surface area contributed by atoms with Gasteiger partial charge in [0.05, 0.1) is 26.3 Å². The van der Waals surface area contributed by atoms with Gasteiger partial charge in [-0.15, -0.1) is 0 Å². The van der Waals surface area contributed by atoms with E-state index in [0.29, 0.717) is 11.5 Å². The summed E-state index contributed by atoms with van der Waals surface area (Å²) < 4.78 is 16.8. The minimum Gasteiger partial charge on any atom is -0.492 e. The fourth-order valence-corrected chi connectivity index (χ4v) is 4.33. The Morgan fingerprint density at radius 3 is 2.81 bits per heavy atom. The van der Waals surface area contributed by atoms with Crippen LogP contribution in [0.3, 0.4) is 0 Å². The molecule has 0 aromatic heterocycles. The van der Waals surface area contributed by atoms with Gasteiger partial charge in [-0.05, 0) is 24.5 Å². The van der Waals surface area contributed by atoms with E-state index in [0.717, 1.165) is 42.7 Å². The van der Waals surface area contributed by atoms with E-state index in [4.69, 9.17) is 14.2 Å². The molecule has 1 saturated carbocycles. The molecule has 0 radical (unpaired) electrons. The number of rotatable bonds is 3. The smallest absolute Gasteiger partial charge is 0.319 e. The molecule has 1 aromatic rings. The van der Waals surface area contributed by atoms with Gasteiger partial charge in [0.2, 0.25) is 12.5 Å². The second-order valence-electron chi connectivity index (χ2n) is 7.45. The van der Waals surface area contributed by atoms with Gasteiger partial charge in [-0.2, -0.15) is 0 Å². The van der Waals surface area contributed by atoms with E-state index in [1.54, 1.807) is 7.11 Å². The third-order valence-electron chi connectivity index (χ3n) is 5.73. The Hall–Kier alpha value is -2.15. The monoisotopic (exact) mass is 362 g/mol. The van der Waals surface area contributed by atoms with Crippen LogP contribution >= 0.6 is 0 Å². The number of likely N-dealkylation sites (N-methyl/N-ethyl adjacent to an activating group) is 1. The van der Waals surface area contributed by atoms with E-state index in [1.807, 2.05) is 6.07 Å². The first-order chi connectivity index (χ1) is 12.7. The van der Waals surface area contributed by atoms with Crippen molar-refractivity contribution >= 4 is 6.03 Å². The summed E-state index contributed by atoms with van der Waals surface area (Å²) in [4.78, 5) is 13.9. The van der Waals surface area contributed by atoms with Crippen molar-refractivity contribution in [3.05, 3.63) is 17.2 Å². The summed E-state index contributed by atoms with van der Waals surface area (Å²) in [6, 6.07) is 2.21. The van der Waals surface area contributed by atoms with Gasteiger partial charge in [-0.1, -0.05) is 19.3 Å². The maximum absolute atomic E-state index is 12.6. The van der Waals surface area contributed by atoms with Gasteiger partial charge < -0.3 is 24.4 Å². The minimum absolute atomic E-state index is 0.103. The molecule has 7 nitrogen and oxygen atoms in total. The van der Waals surface area contributed by atoms with Gasteiger partial charge in [-0.3, -0.25) is 5.32 Å². The number of methoxy groups -OCH3 is 1. The Morgan fingerprint density at radius 1 is 1.23 bits per heavy atom. The summed E-state index contributed by atoms with van der Waals surface area (Å²) in [6.45, 7) is 1.14. The van der Waals surface area contributed by atoms with Crippen LogP contribution in [0.15, 0.2) is 6.07 Å². The van der Waals surface area contributed by atoms with Crippen LogP contribution in [-0.4, -0.2) is 39.6 Å².